The van der Waals surface area contributed by atoms with Gasteiger partial charge >= 0.3 is 0 Å². The van der Waals surface area contributed by atoms with Gasteiger partial charge in [-0.3, -0.25) is 0 Å². The summed E-state index contributed by atoms with van der Waals surface area (Å²) in [6.07, 6.45) is 2.13. The summed E-state index contributed by atoms with van der Waals surface area (Å²) in [6, 6.07) is 6.16. The molecule has 1 aromatic rings. The van der Waals surface area contributed by atoms with Crippen molar-refractivity contribution < 1.29 is 9.84 Å². The van der Waals surface area contributed by atoms with Gasteiger partial charge in [0.15, 0.2) is 0 Å². The minimum absolute atomic E-state index is 0.136. The maximum Gasteiger partial charge on any atom is 0.125 e. The standard InChI is InChI=1S/C13H20O2/c1-4-6-11-7-5-8-12(10(2)9-14)13(11)15-3/h5,7-8,10,14H,4,6,9H2,1-3H3. The Morgan fingerprint density at radius 2 is 2.13 bits per heavy atom. The lowest BCUT2D eigenvalue weighted by Gasteiger charge is -2.16. The number of rotatable bonds is 5. The summed E-state index contributed by atoms with van der Waals surface area (Å²) in [6.45, 7) is 4.32. The molecule has 1 unspecified atom stereocenters. The molecule has 0 aliphatic heterocycles. The molecule has 2 nitrogen and oxygen atoms in total. The normalized spacial score (nSPS) is 12.5. The predicted octanol–water partition coefficient (Wildman–Crippen LogP) is 2.74. The Labute approximate surface area is 91.9 Å². The van der Waals surface area contributed by atoms with Crippen molar-refractivity contribution in [3.63, 3.8) is 0 Å². The van der Waals surface area contributed by atoms with Crippen molar-refractivity contribution >= 4 is 0 Å². The molecule has 15 heavy (non-hydrogen) atoms. The van der Waals surface area contributed by atoms with Gasteiger partial charge in [0, 0.05) is 12.5 Å². The van der Waals surface area contributed by atoms with Crippen LogP contribution in [-0.2, 0) is 6.42 Å². The van der Waals surface area contributed by atoms with Gasteiger partial charge in [-0.15, -0.1) is 0 Å². The summed E-state index contributed by atoms with van der Waals surface area (Å²) in [5, 5.41) is 9.17. The Morgan fingerprint density at radius 1 is 1.40 bits per heavy atom. The van der Waals surface area contributed by atoms with E-state index in [0.717, 1.165) is 24.2 Å². The third-order valence-corrected chi connectivity index (χ3v) is 2.66. The molecule has 0 spiro atoms. The van der Waals surface area contributed by atoms with E-state index in [1.807, 2.05) is 19.1 Å². The highest BCUT2D eigenvalue weighted by Crippen LogP contribution is 2.30. The number of benzene rings is 1. The lowest BCUT2D eigenvalue weighted by Crippen LogP contribution is -2.04. The quantitative estimate of drug-likeness (QED) is 0.806. The molecule has 0 aliphatic carbocycles. The molecule has 1 aromatic carbocycles. The van der Waals surface area contributed by atoms with Crippen LogP contribution in [0.4, 0.5) is 0 Å². The van der Waals surface area contributed by atoms with Crippen LogP contribution in [0.2, 0.25) is 0 Å². The zero-order valence-corrected chi connectivity index (χ0v) is 9.79. The lowest BCUT2D eigenvalue weighted by molar-refractivity contribution is 0.269. The molecular weight excluding hydrogens is 188 g/mol. The number of hydrogen-bond acceptors (Lipinski definition) is 2. The molecule has 0 saturated heterocycles. The van der Waals surface area contributed by atoms with Crippen LogP contribution in [0, 0.1) is 0 Å². The van der Waals surface area contributed by atoms with Crippen LogP contribution in [0.3, 0.4) is 0 Å². The van der Waals surface area contributed by atoms with E-state index in [4.69, 9.17) is 4.74 Å². The Bertz CT molecular complexity index is 307. The van der Waals surface area contributed by atoms with Crippen LogP contribution in [-0.4, -0.2) is 18.8 Å². The van der Waals surface area contributed by atoms with E-state index >= 15 is 0 Å². The Morgan fingerprint density at radius 3 is 2.67 bits per heavy atom. The molecule has 1 rings (SSSR count). The first-order chi connectivity index (χ1) is 7.24. The van der Waals surface area contributed by atoms with Crippen molar-refractivity contribution in [2.75, 3.05) is 13.7 Å². The number of hydrogen-bond donors (Lipinski definition) is 1. The first-order valence-corrected chi connectivity index (χ1v) is 5.51. The Kier molecular flexibility index (Phi) is 4.63. The SMILES string of the molecule is CCCc1cccc(C(C)CO)c1OC. The van der Waals surface area contributed by atoms with Crippen LogP contribution in [0.25, 0.3) is 0 Å². The molecule has 0 saturated carbocycles. The summed E-state index contributed by atoms with van der Waals surface area (Å²) in [5.74, 6) is 1.08. The van der Waals surface area contributed by atoms with Crippen molar-refractivity contribution in [1.82, 2.24) is 0 Å². The minimum Gasteiger partial charge on any atom is -0.496 e. The minimum atomic E-state index is 0.136. The zero-order valence-electron chi connectivity index (χ0n) is 9.79. The van der Waals surface area contributed by atoms with E-state index in [9.17, 15) is 5.11 Å². The number of aryl methyl sites for hydroxylation is 1. The highest BCUT2D eigenvalue weighted by molar-refractivity contribution is 5.43. The van der Waals surface area contributed by atoms with Crippen molar-refractivity contribution in [2.45, 2.75) is 32.6 Å². The molecule has 1 atom stereocenters. The van der Waals surface area contributed by atoms with Crippen molar-refractivity contribution in [1.29, 1.82) is 0 Å². The summed E-state index contributed by atoms with van der Waals surface area (Å²) in [5.41, 5.74) is 2.34. The molecule has 2 heteroatoms. The fourth-order valence-electron chi connectivity index (χ4n) is 1.81. The van der Waals surface area contributed by atoms with Crippen molar-refractivity contribution in [2.24, 2.45) is 0 Å². The van der Waals surface area contributed by atoms with Crippen LogP contribution in [0.15, 0.2) is 18.2 Å². The average Bonchev–Trinajstić information content (AvgIpc) is 2.28. The maximum atomic E-state index is 9.17. The molecule has 0 aromatic heterocycles. The molecule has 84 valence electrons. The lowest BCUT2D eigenvalue weighted by atomic mass is 9.96. The van der Waals surface area contributed by atoms with E-state index in [0.29, 0.717) is 0 Å². The van der Waals surface area contributed by atoms with Crippen LogP contribution in [0.5, 0.6) is 5.75 Å². The van der Waals surface area contributed by atoms with Gasteiger partial charge in [0.05, 0.1) is 7.11 Å². The molecule has 0 aliphatic rings. The molecule has 0 amide bonds. The summed E-state index contributed by atoms with van der Waals surface area (Å²) >= 11 is 0. The molecule has 0 heterocycles. The number of aliphatic hydroxyl groups is 1. The van der Waals surface area contributed by atoms with E-state index in [2.05, 4.69) is 13.0 Å². The fourth-order valence-corrected chi connectivity index (χ4v) is 1.81. The zero-order chi connectivity index (χ0) is 11.3. The van der Waals surface area contributed by atoms with E-state index < -0.39 is 0 Å². The topological polar surface area (TPSA) is 29.5 Å². The maximum absolute atomic E-state index is 9.17. The monoisotopic (exact) mass is 208 g/mol. The van der Waals surface area contributed by atoms with Gasteiger partial charge in [0.2, 0.25) is 0 Å². The van der Waals surface area contributed by atoms with E-state index in [-0.39, 0.29) is 12.5 Å². The van der Waals surface area contributed by atoms with E-state index in [1.165, 1.54) is 5.56 Å². The summed E-state index contributed by atoms with van der Waals surface area (Å²) < 4.78 is 5.44. The highest BCUT2D eigenvalue weighted by Gasteiger charge is 2.13. The van der Waals surface area contributed by atoms with Crippen LogP contribution in [0.1, 0.15) is 37.3 Å². The smallest absolute Gasteiger partial charge is 0.125 e. The van der Waals surface area contributed by atoms with Crippen molar-refractivity contribution in [3.8, 4) is 5.75 Å². The first kappa shape index (κ1) is 12.1. The summed E-state index contributed by atoms with van der Waals surface area (Å²) in [7, 11) is 1.70. The van der Waals surface area contributed by atoms with Gasteiger partial charge in [-0.25, -0.2) is 0 Å². The first-order valence-electron chi connectivity index (χ1n) is 5.51. The van der Waals surface area contributed by atoms with E-state index in [1.54, 1.807) is 7.11 Å². The third kappa shape index (κ3) is 2.72. The second kappa shape index (κ2) is 5.76. The van der Waals surface area contributed by atoms with Gasteiger partial charge in [-0.2, -0.15) is 0 Å². The molecule has 0 bridgehead atoms. The number of methoxy groups -OCH3 is 1. The van der Waals surface area contributed by atoms with Gasteiger partial charge in [0.25, 0.3) is 0 Å². The van der Waals surface area contributed by atoms with Gasteiger partial charge in [-0.1, -0.05) is 38.5 Å². The second-order valence-corrected chi connectivity index (χ2v) is 3.87. The van der Waals surface area contributed by atoms with Gasteiger partial charge in [0.1, 0.15) is 5.75 Å². The highest BCUT2D eigenvalue weighted by atomic mass is 16.5. The average molecular weight is 208 g/mol. The van der Waals surface area contributed by atoms with Crippen LogP contribution < -0.4 is 4.74 Å². The fraction of sp³-hybridized carbons (Fsp3) is 0.538. The Balaban J connectivity index is 3.09. The number of aliphatic hydroxyl groups excluding tert-OH is 1. The summed E-state index contributed by atoms with van der Waals surface area (Å²) in [4.78, 5) is 0. The van der Waals surface area contributed by atoms with Gasteiger partial charge in [-0.05, 0) is 17.5 Å². The number of para-hydroxylation sites is 1. The second-order valence-electron chi connectivity index (χ2n) is 3.87. The van der Waals surface area contributed by atoms with Crippen LogP contribution >= 0.6 is 0 Å². The Hall–Kier alpha value is -1.02. The molecular formula is C13H20O2. The molecule has 1 N–H and O–H groups in total. The number of ether oxygens (including phenoxy) is 1. The third-order valence-electron chi connectivity index (χ3n) is 2.66. The molecule has 0 radical (unpaired) electrons. The molecule has 0 fully saturated rings. The van der Waals surface area contributed by atoms with Gasteiger partial charge < -0.3 is 9.84 Å². The predicted molar refractivity (Wildman–Crippen MR) is 62.5 cm³/mol. The van der Waals surface area contributed by atoms with Crippen molar-refractivity contribution in [3.05, 3.63) is 29.3 Å². The largest absolute Gasteiger partial charge is 0.496 e.